The van der Waals surface area contributed by atoms with Crippen LogP contribution in [0.4, 0.5) is 4.39 Å². The maximum absolute atomic E-state index is 14.8. The molecular weight excluding hydrogens is 331 g/mol. The minimum atomic E-state index is -0.00590. The predicted molar refractivity (Wildman–Crippen MR) is 88.0 cm³/mol. The third-order valence-corrected chi connectivity index (χ3v) is 5.42. The van der Waals surface area contributed by atoms with E-state index in [1.165, 1.54) is 25.7 Å². The first-order chi connectivity index (χ1) is 10.2. The smallest absolute Gasteiger partial charge is 0.130 e. The van der Waals surface area contributed by atoms with Crippen LogP contribution < -0.4 is 5.32 Å². The molecule has 2 aliphatic rings. The summed E-state index contributed by atoms with van der Waals surface area (Å²) in [5.74, 6) is 0.597. The highest BCUT2D eigenvalue weighted by Gasteiger charge is 2.33. The molecule has 1 saturated heterocycles. The van der Waals surface area contributed by atoms with E-state index in [0.29, 0.717) is 5.92 Å². The average molecular weight is 355 g/mol. The van der Waals surface area contributed by atoms with Crippen LogP contribution in [-0.2, 0) is 0 Å². The Labute approximate surface area is 135 Å². The molecule has 1 heterocycles. The van der Waals surface area contributed by atoms with Gasteiger partial charge in [-0.05, 0) is 43.4 Å². The van der Waals surface area contributed by atoms with Crippen LogP contribution in [0.2, 0.25) is 0 Å². The van der Waals surface area contributed by atoms with Crippen molar-refractivity contribution in [2.45, 2.75) is 38.6 Å². The lowest BCUT2D eigenvalue weighted by atomic mass is 9.88. The summed E-state index contributed by atoms with van der Waals surface area (Å²) in [6.07, 6.45) is 5.06. The number of nitrogens with zero attached hydrogens (tertiary/aromatic N) is 1. The maximum atomic E-state index is 14.8. The number of halogens is 2. The molecule has 1 aromatic carbocycles. The highest BCUT2D eigenvalue weighted by molar-refractivity contribution is 9.10. The fourth-order valence-corrected chi connectivity index (χ4v) is 4.54. The maximum Gasteiger partial charge on any atom is 0.130 e. The molecule has 0 aromatic heterocycles. The summed E-state index contributed by atoms with van der Waals surface area (Å²) in [5.41, 5.74) is 1.65. The summed E-state index contributed by atoms with van der Waals surface area (Å²) in [7, 11) is 0. The molecule has 1 aliphatic heterocycles. The van der Waals surface area contributed by atoms with Crippen LogP contribution in [-0.4, -0.2) is 31.1 Å². The minimum absolute atomic E-state index is 0.00590. The molecular formula is C17H24BrFN2. The quantitative estimate of drug-likeness (QED) is 0.881. The molecule has 0 spiro atoms. The topological polar surface area (TPSA) is 15.3 Å². The van der Waals surface area contributed by atoms with Crippen molar-refractivity contribution in [3.63, 3.8) is 0 Å². The minimum Gasteiger partial charge on any atom is -0.314 e. The standard InChI is InChI=1S/C17H24BrFN2/c1-12-10-14(18)11-15(16(12)19)17(13-4-2-3-5-13)21-8-6-20-7-9-21/h10-11,13,17,20H,2-9H2,1H3/t17-/m1/s1. The third kappa shape index (κ3) is 3.33. The number of nitrogens with one attached hydrogen (secondary N) is 1. The lowest BCUT2D eigenvalue weighted by molar-refractivity contribution is 0.122. The van der Waals surface area contributed by atoms with Crippen molar-refractivity contribution >= 4 is 15.9 Å². The highest BCUT2D eigenvalue weighted by Crippen LogP contribution is 2.41. The molecule has 0 radical (unpaired) electrons. The van der Waals surface area contributed by atoms with Gasteiger partial charge >= 0.3 is 0 Å². The second kappa shape index (κ2) is 6.76. The van der Waals surface area contributed by atoms with E-state index < -0.39 is 0 Å². The number of aryl methyl sites for hydroxylation is 1. The van der Waals surface area contributed by atoms with Gasteiger partial charge in [0.05, 0.1) is 0 Å². The fourth-order valence-electron chi connectivity index (χ4n) is 3.95. The van der Waals surface area contributed by atoms with Gasteiger partial charge < -0.3 is 5.32 Å². The number of piperazine rings is 1. The molecule has 2 nitrogen and oxygen atoms in total. The summed E-state index contributed by atoms with van der Waals surface area (Å²) in [4.78, 5) is 2.50. The van der Waals surface area contributed by atoms with Crippen LogP contribution in [0.5, 0.6) is 0 Å². The molecule has 1 aliphatic carbocycles. The van der Waals surface area contributed by atoms with E-state index in [1.807, 2.05) is 19.1 Å². The Hall–Kier alpha value is -0.450. The molecule has 0 amide bonds. The van der Waals surface area contributed by atoms with Crippen molar-refractivity contribution in [1.82, 2.24) is 10.2 Å². The van der Waals surface area contributed by atoms with Crippen LogP contribution in [0, 0.1) is 18.7 Å². The summed E-state index contributed by atoms with van der Waals surface area (Å²) in [6, 6.07) is 4.13. The predicted octanol–water partition coefficient (Wildman–Crippen LogP) is 4.03. The summed E-state index contributed by atoms with van der Waals surface area (Å²) in [6.45, 7) is 5.93. The molecule has 1 N–H and O–H groups in total. The van der Waals surface area contributed by atoms with Crippen LogP contribution in [0.3, 0.4) is 0 Å². The number of benzene rings is 1. The van der Waals surface area contributed by atoms with Crippen molar-refractivity contribution in [1.29, 1.82) is 0 Å². The molecule has 0 unspecified atom stereocenters. The van der Waals surface area contributed by atoms with E-state index in [1.54, 1.807) is 0 Å². The highest BCUT2D eigenvalue weighted by atomic mass is 79.9. The Morgan fingerprint density at radius 1 is 1.24 bits per heavy atom. The van der Waals surface area contributed by atoms with E-state index in [2.05, 4.69) is 26.1 Å². The number of rotatable bonds is 3. The van der Waals surface area contributed by atoms with Crippen molar-refractivity contribution < 1.29 is 4.39 Å². The van der Waals surface area contributed by atoms with Gasteiger partial charge in [-0.3, -0.25) is 4.90 Å². The molecule has 1 saturated carbocycles. The van der Waals surface area contributed by atoms with E-state index in [9.17, 15) is 4.39 Å². The summed E-state index contributed by atoms with van der Waals surface area (Å²) in [5, 5.41) is 3.40. The molecule has 116 valence electrons. The Morgan fingerprint density at radius 2 is 1.90 bits per heavy atom. The second-order valence-electron chi connectivity index (χ2n) is 6.40. The van der Waals surface area contributed by atoms with Crippen LogP contribution in [0.1, 0.15) is 42.9 Å². The largest absolute Gasteiger partial charge is 0.314 e. The van der Waals surface area contributed by atoms with Crippen LogP contribution in [0.25, 0.3) is 0 Å². The van der Waals surface area contributed by atoms with Crippen molar-refractivity contribution in [3.05, 3.63) is 33.5 Å². The van der Waals surface area contributed by atoms with E-state index in [0.717, 1.165) is 41.8 Å². The molecule has 1 aromatic rings. The Morgan fingerprint density at radius 3 is 2.57 bits per heavy atom. The Bertz CT molecular complexity index is 494. The van der Waals surface area contributed by atoms with E-state index in [-0.39, 0.29) is 11.9 Å². The SMILES string of the molecule is Cc1cc(Br)cc([C@@H](C2CCCC2)N2CCNCC2)c1F. The van der Waals surface area contributed by atoms with Gasteiger partial charge in [0.15, 0.2) is 0 Å². The van der Waals surface area contributed by atoms with Gasteiger partial charge in [0.2, 0.25) is 0 Å². The fraction of sp³-hybridized carbons (Fsp3) is 0.647. The third-order valence-electron chi connectivity index (χ3n) is 4.96. The Kier molecular flexibility index (Phi) is 4.97. The summed E-state index contributed by atoms with van der Waals surface area (Å²) >= 11 is 3.55. The molecule has 4 heteroatoms. The molecule has 0 bridgehead atoms. The van der Waals surface area contributed by atoms with Crippen LogP contribution >= 0.6 is 15.9 Å². The number of hydrogen-bond acceptors (Lipinski definition) is 2. The molecule has 3 rings (SSSR count). The molecule has 1 atom stereocenters. The van der Waals surface area contributed by atoms with E-state index >= 15 is 0 Å². The zero-order valence-corrected chi connectivity index (χ0v) is 14.3. The lowest BCUT2D eigenvalue weighted by Crippen LogP contribution is -2.47. The van der Waals surface area contributed by atoms with Gasteiger partial charge in [-0.15, -0.1) is 0 Å². The summed E-state index contributed by atoms with van der Waals surface area (Å²) < 4.78 is 15.8. The van der Waals surface area contributed by atoms with Gasteiger partial charge in [-0.2, -0.15) is 0 Å². The van der Waals surface area contributed by atoms with Crippen molar-refractivity contribution in [2.24, 2.45) is 5.92 Å². The zero-order chi connectivity index (χ0) is 14.8. The second-order valence-corrected chi connectivity index (χ2v) is 7.32. The first-order valence-corrected chi connectivity index (χ1v) is 8.86. The van der Waals surface area contributed by atoms with Gasteiger partial charge in [0, 0.05) is 42.3 Å². The normalized spacial score (nSPS) is 22.6. The van der Waals surface area contributed by atoms with Crippen molar-refractivity contribution in [3.8, 4) is 0 Å². The molecule has 2 fully saturated rings. The van der Waals surface area contributed by atoms with Gasteiger partial charge in [-0.25, -0.2) is 4.39 Å². The average Bonchev–Trinajstić information content (AvgIpc) is 2.99. The van der Waals surface area contributed by atoms with Crippen molar-refractivity contribution in [2.75, 3.05) is 26.2 Å². The van der Waals surface area contributed by atoms with Gasteiger partial charge in [-0.1, -0.05) is 28.8 Å². The monoisotopic (exact) mass is 354 g/mol. The number of hydrogen-bond donors (Lipinski definition) is 1. The van der Waals surface area contributed by atoms with Gasteiger partial charge in [0.1, 0.15) is 5.82 Å². The lowest BCUT2D eigenvalue weighted by Gasteiger charge is -2.39. The van der Waals surface area contributed by atoms with Crippen LogP contribution in [0.15, 0.2) is 16.6 Å². The Balaban J connectivity index is 1.97. The zero-order valence-electron chi connectivity index (χ0n) is 12.7. The molecule has 21 heavy (non-hydrogen) atoms. The van der Waals surface area contributed by atoms with E-state index in [4.69, 9.17) is 0 Å². The first kappa shape index (κ1) is 15.4. The first-order valence-electron chi connectivity index (χ1n) is 8.07. The van der Waals surface area contributed by atoms with Gasteiger partial charge in [0.25, 0.3) is 0 Å².